The number of rotatable bonds is 6. The number of hydrogen-bond donors (Lipinski definition) is 3. The summed E-state index contributed by atoms with van der Waals surface area (Å²) in [6.07, 6.45) is 4.58. The molecule has 1 unspecified atom stereocenters. The fraction of sp³-hybridized carbons (Fsp3) is 0.423. The molecule has 0 amide bonds. The second kappa shape index (κ2) is 8.76. The Morgan fingerprint density at radius 1 is 1.28 bits per heavy atom. The predicted octanol–water partition coefficient (Wildman–Crippen LogP) is 3.85. The Labute approximate surface area is 214 Å². The molecule has 0 bridgehead atoms. The molecular weight excluding hydrogens is 480 g/mol. The van der Waals surface area contributed by atoms with Gasteiger partial charge in [0.1, 0.15) is 11.6 Å². The molecule has 6 rings (SSSR count). The van der Waals surface area contributed by atoms with Crippen LogP contribution in [0, 0.1) is 5.41 Å². The molecule has 10 heteroatoms. The average Bonchev–Trinajstić information content (AvgIpc) is 3.49. The van der Waals surface area contributed by atoms with Crippen molar-refractivity contribution in [3.63, 3.8) is 0 Å². The van der Waals surface area contributed by atoms with Crippen LogP contribution < -0.4 is 20.3 Å². The van der Waals surface area contributed by atoms with Gasteiger partial charge >= 0.3 is 0 Å². The van der Waals surface area contributed by atoms with E-state index in [2.05, 4.69) is 25.5 Å². The van der Waals surface area contributed by atoms with Crippen molar-refractivity contribution in [2.75, 3.05) is 62.1 Å². The van der Waals surface area contributed by atoms with Crippen molar-refractivity contribution < 1.29 is 14.6 Å². The second-order valence-electron chi connectivity index (χ2n) is 10.2. The van der Waals surface area contributed by atoms with Crippen molar-refractivity contribution in [1.82, 2.24) is 15.0 Å². The zero-order valence-electron chi connectivity index (χ0n) is 20.3. The molecule has 0 aliphatic carbocycles. The molecule has 3 aliphatic heterocycles. The number of methoxy groups -OCH3 is 1. The number of hydrogen-bond acceptors (Lipinski definition) is 9. The van der Waals surface area contributed by atoms with E-state index in [1.165, 1.54) is 0 Å². The zero-order chi connectivity index (χ0) is 24.9. The van der Waals surface area contributed by atoms with Crippen LogP contribution in [-0.2, 0) is 10.2 Å². The third-order valence-corrected chi connectivity index (χ3v) is 7.88. The minimum atomic E-state index is -0.376. The van der Waals surface area contributed by atoms with Gasteiger partial charge in [0.2, 0.25) is 5.95 Å². The number of aliphatic hydroxyl groups excluding tert-OH is 1. The summed E-state index contributed by atoms with van der Waals surface area (Å²) in [6.45, 7) is 6.24. The second-order valence-corrected chi connectivity index (χ2v) is 10.7. The third kappa shape index (κ3) is 3.91. The lowest BCUT2D eigenvalue weighted by atomic mass is 9.79. The topological polar surface area (TPSA) is 105 Å². The Morgan fingerprint density at radius 2 is 2.14 bits per heavy atom. The maximum Gasteiger partial charge on any atom is 0.227 e. The standard InChI is InChI=1S/C26H29ClN6O3/c1-25(14-34)11-30-23-17(25)7-16(10-29-23)19-3-5-28-24(31-19)32-20-8-18(27)21(9-22(20)35-2)33-12-26(13-33)4-6-36-15-26/h3,5,7-10,34H,4,6,11-15H2,1-2H3,(H,29,30)(H,28,31,32). The molecule has 188 valence electrons. The number of benzene rings is 1. The maximum absolute atomic E-state index is 9.91. The summed E-state index contributed by atoms with van der Waals surface area (Å²) in [6, 6.07) is 7.70. The van der Waals surface area contributed by atoms with Crippen LogP contribution in [0.4, 0.5) is 23.1 Å². The van der Waals surface area contributed by atoms with Crippen molar-refractivity contribution >= 4 is 34.7 Å². The normalized spacial score (nSPS) is 21.7. The largest absolute Gasteiger partial charge is 0.494 e. The molecule has 3 aromatic rings. The van der Waals surface area contributed by atoms with Crippen molar-refractivity contribution in [3.8, 4) is 17.0 Å². The summed E-state index contributed by atoms with van der Waals surface area (Å²) in [7, 11) is 1.64. The summed E-state index contributed by atoms with van der Waals surface area (Å²) >= 11 is 6.71. The summed E-state index contributed by atoms with van der Waals surface area (Å²) in [4.78, 5) is 15.9. The van der Waals surface area contributed by atoms with Crippen LogP contribution in [0.2, 0.25) is 5.02 Å². The first-order valence-electron chi connectivity index (χ1n) is 12.1. The van der Waals surface area contributed by atoms with Crippen LogP contribution in [0.1, 0.15) is 18.9 Å². The molecule has 2 saturated heterocycles. The third-order valence-electron chi connectivity index (χ3n) is 7.58. The highest BCUT2D eigenvalue weighted by Crippen LogP contribution is 2.45. The molecule has 36 heavy (non-hydrogen) atoms. The molecule has 9 nitrogen and oxygen atoms in total. The molecule has 1 atom stereocenters. The number of pyridine rings is 1. The Balaban J connectivity index is 1.25. The van der Waals surface area contributed by atoms with Gasteiger partial charge in [0.15, 0.2) is 0 Å². The van der Waals surface area contributed by atoms with Gasteiger partial charge in [-0.25, -0.2) is 15.0 Å². The van der Waals surface area contributed by atoms with Crippen LogP contribution in [0.5, 0.6) is 5.75 Å². The number of halogens is 1. The van der Waals surface area contributed by atoms with Gasteiger partial charge in [-0.2, -0.15) is 0 Å². The highest BCUT2D eigenvalue weighted by Gasteiger charge is 2.46. The number of fused-ring (bicyclic) bond motifs is 1. The lowest BCUT2D eigenvalue weighted by Crippen LogP contribution is -2.57. The van der Waals surface area contributed by atoms with E-state index in [-0.39, 0.29) is 17.4 Å². The van der Waals surface area contributed by atoms with E-state index >= 15 is 0 Å². The fourth-order valence-corrected chi connectivity index (χ4v) is 5.59. The Morgan fingerprint density at radius 3 is 2.89 bits per heavy atom. The summed E-state index contributed by atoms with van der Waals surface area (Å²) in [5.74, 6) is 1.89. The van der Waals surface area contributed by atoms with Gasteiger partial charge < -0.3 is 30.1 Å². The maximum atomic E-state index is 9.91. The molecule has 5 heterocycles. The van der Waals surface area contributed by atoms with Crippen molar-refractivity contribution in [2.24, 2.45) is 5.41 Å². The van der Waals surface area contributed by atoms with Gasteiger partial charge in [-0.05, 0) is 24.6 Å². The zero-order valence-corrected chi connectivity index (χ0v) is 21.1. The van der Waals surface area contributed by atoms with E-state index in [1.807, 2.05) is 31.2 Å². The van der Waals surface area contributed by atoms with Gasteiger partial charge in [0.25, 0.3) is 0 Å². The molecule has 0 saturated carbocycles. The first kappa shape index (κ1) is 23.3. The minimum absolute atomic E-state index is 0.0391. The van der Waals surface area contributed by atoms with Crippen molar-refractivity contribution in [1.29, 1.82) is 0 Å². The Hall–Kier alpha value is -3.14. The van der Waals surface area contributed by atoms with E-state index in [1.54, 1.807) is 19.5 Å². The van der Waals surface area contributed by atoms with E-state index < -0.39 is 0 Å². The highest BCUT2D eigenvalue weighted by molar-refractivity contribution is 6.33. The van der Waals surface area contributed by atoms with Gasteiger partial charge in [-0.15, -0.1) is 0 Å². The first-order chi connectivity index (χ1) is 17.4. The molecule has 0 radical (unpaired) electrons. The van der Waals surface area contributed by atoms with E-state index in [4.69, 9.17) is 26.1 Å². The lowest BCUT2D eigenvalue weighted by molar-refractivity contribution is 0.131. The number of anilines is 4. The lowest BCUT2D eigenvalue weighted by Gasteiger charge is -2.49. The molecule has 3 aliphatic rings. The van der Waals surface area contributed by atoms with Gasteiger partial charge in [-0.3, -0.25) is 0 Å². The number of aromatic nitrogens is 3. The van der Waals surface area contributed by atoms with Crippen LogP contribution >= 0.6 is 11.6 Å². The molecule has 3 N–H and O–H groups in total. The fourth-order valence-electron chi connectivity index (χ4n) is 5.31. The highest BCUT2D eigenvalue weighted by atomic mass is 35.5. The summed E-state index contributed by atoms with van der Waals surface area (Å²) < 4.78 is 11.3. The Kier molecular flexibility index (Phi) is 5.66. The monoisotopic (exact) mass is 508 g/mol. The van der Waals surface area contributed by atoms with Crippen LogP contribution in [0.15, 0.2) is 36.7 Å². The molecule has 2 fully saturated rings. The summed E-state index contributed by atoms with van der Waals surface area (Å²) in [5.41, 5.74) is 4.09. The predicted molar refractivity (Wildman–Crippen MR) is 140 cm³/mol. The number of ether oxygens (including phenoxy) is 2. The quantitative estimate of drug-likeness (QED) is 0.458. The van der Waals surface area contributed by atoms with Crippen LogP contribution in [0.3, 0.4) is 0 Å². The Bertz CT molecular complexity index is 1310. The first-order valence-corrected chi connectivity index (χ1v) is 12.5. The van der Waals surface area contributed by atoms with Gasteiger partial charge in [0.05, 0.1) is 42.4 Å². The SMILES string of the molecule is COc1cc(N2CC3(CCOC3)C2)c(Cl)cc1Nc1nccc(-c2cnc3c(c2)C(C)(CO)CN3)n1. The number of nitrogens with zero attached hydrogens (tertiary/aromatic N) is 4. The average molecular weight is 509 g/mol. The molecule has 2 aromatic heterocycles. The van der Waals surface area contributed by atoms with E-state index in [0.717, 1.165) is 61.1 Å². The molecule has 1 aromatic carbocycles. The van der Waals surface area contributed by atoms with Gasteiger partial charge in [-0.1, -0.05) is 18.5 Å². The molecular formula is C26H29ClN6O3. The van der Waals surface area contributed by atoms with Gasteiger partial charge in [0, 0.05) is 66.7 Å². The number of nitrogens with one attached hydrogen (secondary N) is 2. The molecule has 1 spiro atoms. The van der Waals surface area contributed by atoms with E-state index in [0.29, 0.717) is 29.0 Å². The van der Waals surface area contributed by atoms with E-state index in [9.17, 15) is 5.11 Å². The van der Waals surface area contributed by atoms with Crippen molar-refractivity contribution in [3.05, 3.63) is 47.2 Å². The minimum Gasteiger partial charge on any atom is -0.494 e. The smallest absolute Gasteiger partial charge is 0.227 e. The number of aliphatic hydroxyl groups is 1. The van der Waals surface area contributed by atoms with Crippen LogP contribution in [0.25, 0.3) is 11.3 Å². The van der Waals surface area contributed by atoms with Crippen LogP contribution in [-0.4, -0.2) is 66.6 Å². The van der Waals surface area contributed by atoms with Crippen molar-refractivity contribution in [2.45, 2.75) is 18.8 Å². The summed E-state index contributed by atoms with van der Waals surface area (Å²) in [5, 5.41) is 17.1.